The molecule has 4 aromatic rings. The zero-order valence-electron chi connectivity index (χ0n) is 25.8. The Morgan fingerprint density at radius 2 is 1.82 bits per heavy atom. The number of anilines is 1. The summed E-state index contributed by atoms with van der Waals surface area (Å²) in [6.45, 7) is 10.8. The molecule has 0 amide bonds. The Morgan fingerprint density at radius 1 is 1.07 bits per heavy atom. The third-order valence-corrected chi connectivity index (χ3v) is 8.62. The molecule has 44 heavy (non-hydrogen) atoms. The lowest BCUT2D eigenvalue weighted by molar-refractivity contribution is -0.139. The molecule has 8 nitrogen and oxygen atoms in total. The molecule has 0 spiro atoms. The quantitative estimate of drug-likeness (QED) is 0.139. The van der Waals surface area contributed by atoms with Crippen molar-refractivity contribution in [1.82, 2.24) is 14.8 Å². The fraction of sp³-hybridized carbons (Fsp3) is 0.324. The number of rotatable bonds is 10. The first-order valence-electron chi connectivity index (χ1n) is 14.5. The Morgan fingerprint density at radius 3 is 2.50 bits per heavy atom. The lowest BCUT2D eigenvalue weighted by Crippen LogP contribution is -2.29. The molecule has 0 saturated carbocycles. The van der Waals surface area contributed by atoms with Gasteiger partial charge in [0.1, 0.15) is 12.6 Å². The van der Waals surface area contributed by atoms with Crippen LogP contribution >= 0.6 is 23.4 Å². The summed E-state index contributed by atoms with van der Waals surface area (Å²) >= 11 is 7.84. The number of thioether (sulfide) groups is 1. The Kier molecular flexibility index (Phi) is 9.56. The maximum Gasteiger partial charge on any atom is 0.338 e. The average molecular weight is 633 g/mol. The highest BCUT2D eigenvalue weighted by molar-refractivity contribution is 7.98. The van der Waals surface area contributed by atoms with Gasteiger partial charge in [-0.15, -0.1) is 5.10 Å². The normalized spacial score (nSPS) is 14.6. The second-order valence-electron chi connectivity index (χ2n) is 11.5. The van der Waals surface area contributed by atoms with Gasteiger partial charge in [-0.25, -0.2) is 9.48 Å². The van der Waals surface area contributed by atoms with Gasteiger partial charge in [0.15, 0.2) is 11.5 Å². The molecule has 230 valence electrons. The largest absolute Gasteiger partial charge is 0.493 e. The number of hydrogen-bond donors (Lipinski definition) is 1. The minimum absolute atomic E-state index is 0.0846. The smallest absolute Gasteiger partial charge is 0.338 e. The number of nitrogens with one attached hydrogen (secondary N) is 1. The van der Waals surface area contributed by atoms with Crippen molar-refractivity contribution >= 4 is 35.3 Å². The molecule has 1 aromatic heterocycles. The molecule has 2 heterocycles. The van der Waals surface area contributed by atoms with Crippen LogP contribution < -0.4 is 14.8 Å². The zero-order valence-corrected chi connectivity index (χ0v) is 27.4. The number of carbonyl (C=O) groups is 1. The van der Waals surface area contributed by atoms with Crippen LogP contribution in [0.1, 0.15) is 62.9 Å². The standard InChI is InChI=1S/C34H37ClN4O4S/c1-7-42-31(40)29-21(2)36-32-37-33(44-20-24-10-8-9-11-26(24)35)38-39(32)30(29)23-14-17-27(28(18-23)41-6)43-19-22-12-15-25(16-13-22)34(3,4)5/h8-18,30H,7,19-20H2,1-6H3,(H,36,37,38). The molecule has 1 unspecified atom stereocenters. The third kappa shape index (κ3) is 6.89. The lowest BCUT2D eigenvalue weighted by atomic mass is 9.87. The minimum Gasteiger partial charge on any atom is -0.493 e. The number of aromatic nitrogens is 3. The monoisotopic (exact) mass is 632 g/mol. The van der Waals surface area contributed by atoms with Crippen molar-refractivity contribution in [2.24, 2.45) is 0 Å². The van der Waals surface area contributed by atoms with Crippen molar-refractivity contribution in [3.05, 3.63) is 105 Å². The number of hydrogen-bond acceptors (Lipinski definition) is 8. The minimum atomic E-state index is -0.597. The molecule has 3 aromatic carbocycles. The van der Waals surface area contributed by atoms with Gasteiger partial charge in [0.25, 0.3) is 0 Å². The van der Waals surface area contributed by atoms with E-state index in [1.165, 1.54) is 17.3 Å². The highest BCUT2D eigenvalue weighted by Crippen LogP contribution is 2.40. The van der Waals surface area contributed by atoms with E-state index in [0.717, 1.165) is 16.7 Å². The molecule has 0 saturated heterocycles. The second kappa shape index (κ2) is 13.4. The second-order valence-corrected chi connectivity index (χ2v) is 12.8. The summed E-state index contributed by atoms with van der Waals surface area (Å²) in [5.74, 6) is 1.84. The summed E-state index contributed by atoms with van der Waals surface area (Å²) in [4.78, 5) is 18.0. The fourth-order valence-corrected chi connectivity index (χ4v) is 6.08. The summed E-state index contributed by atoms with van der Waals surface area (Å²) in [7, 11) is 1.60. The van der Waals surface area contributed by atoms with E-state index in [9.17, 15) is 4.79 Å². The summed E-state index contributed by atoms with van der Waals surface area (Å²) < 4.78 is 19.1. The van der Waals surface area contributed by atoms with Crippen LogP contribution in [-0.4, -0.2) is 34.5 Å². The zero-order chi connectivity index (χ0) is 31.4. The molecule has 1 atom stereocenters. The molecule has 1 N–H and O–H groups in total. The molecule has 1 aliphatic heterocycles. The maximum atomic E-state index is 13.3. The number of fused-ring (bicyclic) bond motifs is 1. The molecular weight excluding hydrogens is 596 g/mol. The van der Waals surface area contributed by atoms with Crippen molar-refractivity contribution in [1.29, 1.82) is 0 Å². The third-order valence-electron chi connectivity index (χ3n) is 7.36. The van der Waals surface area contributed by atoms with E-state index in [1.54, 1.807) is 18.7 Å². The van der Waals surface area contributed by atoms with E-state index in [1.807, 2.05) is 49.4 Å². The fourth-order valence-electron chi connectivity index (χ4n) is 4.97. The number of nitrogens with zero attached hydrogens (tertiary/aromatic N) is 3. The number of halogens is 1. The van der Waals surface area contributed by atoms with Crippen molar-refractivity contribution in [3.63, 3.8) is 0 Å². The molecule has 1 aliphatic rings. The van der Waals surface area contributed by atoms with Crippen molar-refractivity contribution in [2.45, 2.75) is 63.6 Å². The Hall–Kier alpha value is -3.95. The van der Waals surface area contributed by atoms with Gasteiger partial charge in [-0.2, -0.15) is 4.98 Å². The van der Waals surface area contributed by atoms with Gasteiger partial charge < -0.3 is 19.5 Å². The number of allylic oxidation sites excluding steroid dienone is 1. The van der Waals surface area contributed by atoms with Gasteiger partial charge >= 0.3 is 5.97 Å². The van der Waals surface area contributed by atoms with Crippen molar-refractivity contribution < 1.29 is 19.0 Å². The van der Waals surface area contributed by atoms with Crippen molar-refractivity contribution in [2.75, 3.05) is 19.0 Å². The van der Waals surface area contributed by atoms with Crippen LogP contribution in [0.5, 0.6) is 11.5 Å². The Bertz CT molecular complexity index is 1680. The number of carbonyl (C=O) groups excluding carboxylic acids is 1. The van der Waals surface area contributed by atoms with Gasteiger partial charge in [0, 0.05) is 16.5 Å². The molecule has 0 aliphatic carbocycles. The van der Waals surface area contributed by atoms with E-state index in [2.05, 4.69) is 50.4 Å². The number of methoxy groups -OCH3 is 1. The number of ether oxygens (including phenoxy) is 3. The maximum absolute atomic E-state index is 13.3. The van der Waals surface area contributed by atoms with Crippen LogP contribution in [0, 0.1) is 0 Å². The Labute approximate surface area is 267 Å². The highest BCUT2D eigenvalue weighted by Gasteiger charge is 2.35. The average Bonchev–Trinajstić information content (AvgIpc) is 3.41. The van der Waals surface area contributed by atoms with E-state index in [-0.39, 0.29) is 12.0 Å². The molecule has 0 radical (unpaired) electrons. The lowest BCUT2D eigenvalue weighted by Gasteiger charge is -2.28. The van der Waals surface area contributed by atoms with E-state index in [0.29, 0.717) is 51.3 Å². The molecule has 10 heteroatoms. The first-order chi connectivity index (χ1) is 21.1. The van der Waals surface area contributed by atoms with Gasteiger partial charge in [0.05, 0.1) is 19.3 Å². The summed E-state index contributed by atoms with van der Waals surface area (Å²) in [5, 5.41) is 9.30. The highest BCUT2D eigenvalue weighted by atomic mass is 35.5. The van der Waals surface area contributed by atoms with Gasteiger partial charge in [0.2, 0.25) is 11.1 Å². The van der Waals surface area contributed by atoms with Crippen LogP contribution in [0.3, 0.4) is 0 Å². The van der Waals surface area contributed by atoms with Gasteiger partial charge in [-0.3, -0.25) is 0 Å². The predicted molar refractivity (Wildman–Crippen MR) is 175 cm³/mol. The van der Waals surface area contributed by atoms with E-state index < -0.39 is 12.0 Å². The van der Waals surface area contributed by atoms with Crippen LogP contribution in [0.2, 0.25) is 5.02 Å². The Balaban J connectivity index is 1.44. The SMILES string of the molecule is CCOC(=O)C1=C(C)Nc2nc(SCc3ccccc3Cl)nn2C1c1ccc(OCc2ccc(C(C)(C)C)cc2)c(OC)c1. The van der Waals surface area contributed by atoms with Crippen LogP contribution in [0.25, 0.3) is 0 Å². The molecule has 5 rings (SSSR count). The summed E-state index contributed by atoms with van der Waals surface area (Å²) in [6.07, 6.45) is 0. The molecular formula is C34H37ClN4O4S. The van der Waals surface area contributed by atoms with Gasteiger partial charge in [-0.1, -0.05) is 92.7 Å². The summed E-state index contributed by atoms with van der Waals surface area (Å²) in [6, 6.07) is 21.2. The summed E-state index contributed by atoms with van der Waals surface area (Å²) in [5.41, 5.74) is 5.27. The number of benzene rings is 3. The van der Waals surface area contributed by atoms with Gasteiger partial charge in [-0.05, 0) is 59.7 Å². The van der Waals surface area contributed by atoms with Crippen LogP contribution in [-0.2, 0) is 27.3 Å². The molecule has 0 fully saturated rings. The number of esters is 1. The first kappa shape index (κ1) is 31.5. The first-order valence-corrected chi connectivity index (χ1v) is 15.8. The van der Waals surface area contributed by atoms with Crippen LogP contribution in [0.15, 0.2) is 83.2 Å². The molecule has 0 bridgehead atoms. The topological polar surface area (TPSA) is 87.5 Å². The van der Waals surface area contributed by atoms with E-state index in [4.69, 9.17) is 35.9 Å². The predicted octanol–water partition coefficient (Wildman–Crippen LogP) is 7.96. The van der Waals surface area contributed by atoms with E-state index >= 15 is 0 Å². The van der Waals surface area contributed by atoms with Crippen molar-refractivity contribution in [3.8, 4) is 11.5 Å². The van der Waals surface area contributed by atoms with Crippen LogP contribution in [0.4, 0.5) is 5.95 Å².